The van der Waals surface area contributed by atoms with E-state index in [1.165, 1.54) is 24.3 Å². The zero-order chi connectivity index (χ0) is 18.6. The number of rotatable bonds is 7. The standard InChI is InChI=1S/C16H15N5O4S/c22-21(23)15-5-2-13(3-6-15)12-26(24,25)19-11-14-4-7-16(17-10-14)20-9-1-8-18-20/h1-10,19H,11-12H2. The zero-order valence-corrected chi connectivity index (χ0v) is 14.3. The number of benzene rings is 1. The first-order valence-corrected chi connectivity index (χ1v) is 9.24. The average molecular weight is 373 g/mol. The fourth-order valence-electron chi connectivity index (χ4n) is 2.24. The molecule has 0 atom stereocenters. The Kier molecular flexibility index (Phi) is 5.05. The second-order valence-corrected chi connectivity index (χ2v) is 7.29. The number of nitrogens with zero attached hydrogens (tertiary/aromatic N) is 4. The van der Waals surface area contributed by atoms with E-state index < -0.39 is 14.9 Å². The molecule has 0 saturated carbocycles. The van der Waals surface area contributed by atoms with Gasteiger partial charge in [0, 0.05) is 37.3 Å². The van der Waals surface area contributed by atoms with Crippen LogP contribution in [-0.2, 0) is 22.3 Å². The monoisotopic (exact) mass is 373 g/mol. The summed E-state index contributed by atoms with van der Waals surface area (Å²) in [5, 5.41) is 14.7. The van der Waals surface area contributed by atoms with Crippen LogP contribution in [0.15, 0.2) is 61.1 Å². The van der Waals surface area contributed by atoms with Crippen LogP contribution in [0, 0.1) is 10.1 Å². The number of aromatic nitrogens is 3. The van der Waals surface area contributed by atoms with Crippen molar-refractivity contribution in [1.29, 1.82) is 0 Å². The minimum Gasteiger partial charge on any atom is -0.258 e. The Labute approximate surface area is 149 Å². The highest BCUT2D eigenvalue weighted by molar-refractivity contribution is 7.88. The Morgan fingerprint density at radius 1 is 1.12 bits per heavy atom. The maximum atomic E-state index is 12.2. The third-order valence-electron chi connectivity index (χ3n) is 3.55. The van der Waals surface area contributed by atoms with E-state index in [2.05, 4.69) is 14.8 Å². The number of nitrogens with one attached hydrogen (secondary N) is 1. The van der Waals surface area contributed by atoms with Crippen molar-refractivity contribution >= 4 is 15.7 Å². The highest BCUT2D eigenvalue weighted by Gasteiger charge is 2.13. The molecule has 0 aliphatic rings. The van der Waals surface area contributed by atoms with E-state index in [-0.39, 0.29) is 18.0 Å². The number of nitro groups is 1. The lowest BCUT2D eigenvalue weighted by molar-refractivity contribution is -0.384. The first-order chi connectivity index (χ1) is 12.4. The molecule has 0 aliphatic heterocycles. The lowest BCUT2D eigenvalue weighted by Crippen LogP contribution is -2.24. The number of hydrogen-bond donors (Lipinski definition) is 1. The largest absolute Gasteiger partial charge is 0.269 e. The molecule has 3 aromatic rings. The van der Waals surface area contributed by atoms with Crippen LogP contribution in [0.25, 0.3) is 5.82 Å². The molecule has 0 bridgehead atoms. The summed E-state index contributed by atoms with van der Waals surface area (Å²) in [5.41, 5.74) is 1.09. The molecule has 134 valence electrons. The Balaban J connectivity index is 1.60. The van der Waals surface area contributed by atoms with Crippen LogP contribution < -0.4 is 4.72 Å². The first kappa shape index (κ1) is 17.7. The van der Waals surface area contributed by atoms with E-state index in [4.69, 9.17) is 0 Å². The van der Waals surface area contributed by atoms with E-state index in [0.29, 0.717) is 16.9 Å². The molecule has 9 nitrogen and oxygen atoms in total. The molecule has 2 heterocycles. The molecule has 0 unspecified atom stereocenters. The molecular weight excluding hydrogens is 358 g/mol. The fourth-order valence-corrected chi connectivity index (χ4v) is 3.36. The van der Waals surface area contributed by atoms with Crippen LogP contribution >= 0.6 is 0 Å². The summed E-state index contributed by atoms with van der Waals surface area (Å²) in [7, 11) is -3.58. The van der Waals surface area contributed by atoms with Crippen molar-refractivity contribution in [2.45, 2.75) is 12.3 Å². The van der Waals surface area contributed by atoms with Crippen molar-refractivity contribution in [1.82, 2.24) is 19.5 Å². The van der Waals surface area contributed by atoms with Crippen molar-refractivity contribution in [2.75, 3.05) is 0 Å². The Morgan fingerprint density at radius 2 is 1.85 bits per heavy atom. The van der Waals surface area contributed by atoms with E-state index >= 15 is 0 Å². The molecule has 0 amide bonds. The van der Waals surface area contributed by atoms with Crippen molar-refractivity contribution in [2.24, 2.45) is 0 Å². The minimum atomic E-state index is -3.58. The number of nitro benzene ring substituents is 1. The summed E-state index contributed by atoms with van der Waals surface area (Å²) in [5.74, 6) is 0.372. The van der Waals surface area contributed by atoms with Crippen LogP contribution in [0.2, 0.25) is 0 Å². The van der Waals surface area contributed by atoms with E-state index in [1.54, 1.807) is 41.5 Å². The number of pyridine rings is 1. The highest BCUT2D eigenvalue weighted by atomic mass is 32.2. The number of sulfonamides is 1. The van der Waals surface area contributed by atoms with Gasteiger partial charge in [-0.2, -0.15) is 5.10 Å². The molecule has 3 rings (SSSR count). The van der Waals surface area contributed by atoms with Gasteiger partial charge in [-0.15, -0.1) is 0 Å². The predicted octanol–water partition coefficient (Wildman–Crippen LogP) is 1.80. The molecule has 0 spiro atoms. The average Bonchev–Trinajstić information content (AvgIpc) is 3.15. The van der Waals surface area contributed by atoms with Gasteiger partial charge in [0.25, 0.3) is 5.69 Å². The van der Waals surface area contributed by atoms with Crippen LogP contribution in [0.4, 0.5) is 5.69 Å². The smallest absolute Gasteiger partial charge is 0.258 e. The van der Waals surface area contributed by atoms with Gasteiger partial charge < -0.3 is 0 Å². The molecule has 2 aromatic heterocycles. The summed E-state index contributed by atoms with van der Waals surface area (Å²) in [6.45, 7) is 0.0989. The fraction of sp³-hybridized carbons (Fsp3) is 0.125. The lowest BCUT2D eigenvalue weighted by Gasteiger charge is -2.07. The number of non-ortho nitro benzene ring substituents is 1. The summed E-state index contributed by atoms with van der Waals surface area (Å²) in [4.78, 5) is 14.3. The quantitative estimate of drug-likeness (QED) is 0.498. The minimum absolute atomic E-state index is 0.0811. The van der Waals surface area contributed by atoms with Gasteiger partial charge in [0.05, 0.1) is 10.7 Å². The van der Waals surface area contributed by atoms with Crippen LogP contribution in [-0.4, -0.2) is 28.1 Å². The molecule has 26 heavy (non-hydrogen) atoms. The molecule has 1 aromatic carbocycles. The topological polar surface area (TPSA) is 120 Å². The predicted molar refractivity (Wildman–Crippen MR) is 93.9 cm³/mol. The second-order valence-electron chi connectivity index (χ2n) is 5.48. The molecule has 0 saturated heterocycles. The van der Waals surface area contributed by atoms with Gasteiger partial charge in [0.15, 0.2) is 5.82 Å². The second kappa shape index (κ2) is 7.42. The van der Waals surface area contributed by atoms with Crippen LogP contribution in [0.5, 0.6) is 0 Å². The van der Waals surface area contributed by atoms with Gasteiger partial charge in [-0.25, -0.2) is 22.8 Å². The molecule has 0 aliphatic carbocycles. The van der Waals surface area contributed by atoms with E-state index in [0.717, 1.165) is 0 Å². The van der Waals surface area contributed by atoms with Gasteiger partial charge in [0.2, 0.25) is 10.0 Å². The maximum Gasteiger partial charge on any atom is 0.269 e. The van der Waals surface area contributed by atoms with E-state index in [9.17, 15) is 18.5 Å². The summed E-state index contributed by atoms with van der Waals surface area (Å²) in [6, 6.07) is 10.7. The zero-order valence-electron chi connectivity index (χ0n) is 13.5. The lowest BCUT2D eigenvalue weighted by atomic mass is 10.2. The molecule has 0 fully saturated rings. The Morgan fingerprint density at radius 3 is 2.42 bits per heavy atom. The first-order valence-electron chi connectivity index (χ1n) is 7.58. The van der Waals surface area contributed by atoms with Crippen molar-refractivity contribution in [3.8, 4) is 5.82 Å². The Bertz CT molecular complexity index is 984. The van der Waals surface area contributed by atoms with Crippen molar-refractivity contribution < 1.29 is 13.3 Å². The van der Waals surface area contributed by atoms with Crippen LogP contribution in [0.1, 0.15) is 11.1 Å². The molecule has 1 N–H and O–H groups in total. The maximum absolute atomic E-state index is 12.2. The third-order valence-corrected chi connectivity index (χ3v) is 4.85. The number of hydrogen-bond acceptors (Lipinski definition) is 6. The third kappa shape index (κ3) is 4.49. The van der Waals surface area contributed by atoms with Gasteiger partial charge in [-0.3, -0.25) is 10.1 Å². The normalized spacial score (nSPS) is 11.4. The van der Waals surface area contributed by atoms with Gasteiger partial charge >= 0.3 is 0 Å². The highest BCUT2D eigenvalue weighted by Crippen LogP contribution is 2.14. The molecule has 10 heteroatoms. The molecular formula is C16H15N5O4S. The summed E-state index contributed by atoms with van der Waals surface area (Å²) >= 11 is 0. The SMILES string of the molecule is O=[N+]([O-])c1ccc(CS(=O)(=O)NCc2ccc(-n3cccn3)nc2)cc1. The Hall–Kier alpha value is -3.11. The van der Waals surface area contributed by atoms with E-state index in [1.807, 2.05) is 0 Å². The van der Waals surface area contributed by atoms with Gasteiger partial charge in [0.1, 0.15) is 0 Å². The summed E-state index contributed by atoms with van der Waals surface area (Å²) < 4.78 is 28.4. The molecule has 0 radical (unpaired) electrons. The summed E-state index contributed by atoms with van der Waals surface area (Å²) in [6.07, 6.45) is 4.97. The van der Waals surface area contributed by atoms with Crippen LogP contribution in [0.3, 0.4) is 0 Å². The van der Waals surface area contributed by atoms with Gasteiger partial charge in [-0.05, 0) is 23.3 Å². The van der Waals surface area contributed by atoms with Crippen molar-refractivity contribution in [3.63, 3.8) is 0 Å². The van der Waals surface area contributed by atoms with Crippen molar-refractivity contribution in [3.05, 3.63) is 82.3 Å². The van der Waals surface area contributed by atoms with Gasteiger partial charge in [-0.1, -0.05) is 18.2 Å².